The predicted octanol–water partition coefficient (Wildman–Crippen LogP) is 3.09. The lowest BCUT2D eigenvalue weighted by atomic mass is 10.2. The molecule has 0 amide bonds. The van der Waals surface area contributed by atoms with Gasteiger partial charge in [-0.3, -0.25) is 0 Å². The van der Waals surface area contributed by atoms with Gasteiger partial charge in [0.2, 0.25) is 5.52 Å². The fraction of sp³-hybridized carbons (Fsp3) is 0.227. The van der Waals surface area contributed by atoms with Gasteiger partial charge in [-0.05, 0) is 50.5 Å². The number of fused-ring (bicyclic) bond motifs is 2. The van der Waals surface area contributed by atoms with Gasteiger partial charge in [0.1, 0.15) is 13.9 Å². The molecule has 0 radical (unpaired) electrons. The molecule has 4 rings (SSSR count). The summed E-state index contributed by atoms with van der Waals surface area (Å²) in [6, 6.07) is 13.9. The summed E-state index contributed by atoms with van der Waals surface area (Å²) in [7, 11) is 0. The maximum Gasteiger partial charge on any atom is 0.262 e. The Bertz CT molecular complexity index is 1380. The lowest BCUT2D eigenvalue weighted by molar-refractivity contribution is -0.665. The molecular formula is C22H23IN2S2. The van der Waals surface area contributed by atoms with Crippen LogP contribution in [0.15, 0.2) is 70.1 Å². The normalized spacial score (nSPS) is 22.8. The Morgan fingerprint density at radius 3 is 2.85 bits per heavy atom. The van der Waals surface area contributed by atoms with Gasteiger partial charge < -0.3 is 28.9 Å². The SMILES string of the molecule is [2H]C([2H])([2H])C([2H])([2H])N1C(=C/C(C)=C/c2sc3ccccc3[n+]2C([2H])([2H])C([2H])([2H])[2H])Sc2ccccc21.[I-]. The summed E-state index contributed by atoms with van der Waals surface area (Å²) in [5, 5.41) is 0.718. The number of hydrogen-bond acceptors (Lipinski definition) is 3. The Balaban J connectivity index is 0.00000380. The van der Waals surface area contributed by atoms with E-state index in [1.165, 1.54) is 23.1 Å². The van der Waals surface area contributed by atoms with Crippen LogP contribution < -0.4 is 33.4 Å². The third kappa shape index (κ3) is 3.96. The van der Waals surface area contributed by atoms with Crippen molar-refractivity contribution in [2.24, 2.45) is 0 Å². The molecule has 1 aliphatic rings. The van der Waals surface area contributed by atoms with Gasteiger partial charge in [0.25, 0.3) is 5.01 Å². The van der Waals surface area contributed by atoms with Gasteiger partial charge >= 0.3 is 0 Å². The maximum absolute atomic E-state index is 8.40. The van der Waals surface area contributed by atoms with Gasteiger partial charge in [-0.1, -0.05) is 47.4 Å². The minimum Gasteiger partial charge on any atom is -1.00 e. The summed E-state index contributed by atoms with van der Waals surface area (Å²) in [5.74, 6) is 0. The molecule has 2 heterocycles. The van der Waals surface area contributed by atoms with Crippen molar-refractivity contribution in [1.29, 1.82) is 0 Å². The van der Waals surface area contributed by atoms with Crippen LogP contribution in [0, 0.1) is 0 Å². The van der Waals surface area contributed by atoms with E-state index in [-0.39, 0.29) is 24.0 Å². The first-order chi connectivity index (χ1) is 16.6. The Kier molecular flexibility index (Phi) is 3.59. The number of hydrogen-bond donors (Lipinski definition) is 0. The van der Waals surface area contributed by atoms with Crippen LogP contribution in [0.3, 0.4) is 0 Å². The van der Waals surface area contributed by atoms with Crippen LogP contribution in [0.2, 0.25) is 0 Å². The fourth-order valence-electron chi connectivity index (χ4n) is 2.86. The smallest absolute Gasteiger partial charge is 0.262 e. The lowest BCUT2D eigenvalue weighted by Gasteiger charge is -2.17. The molecule has 0 fully saturated rings. The zero-order chi connectivity index (χ0) is 26.7. The average molecular weight is 517 g/mol. The molecule has 27 heavy (non-hydrogen) atoms. The average Bonchev–Trinajstić information content (AvgIpc) is 3.29. The first kappa shape index (κ1) is 11.0. The number of benzene rings is 2. The predicted molar refractivity (Wildman–Crippen MR) is 115 cm³/mol. The van der Waals surface area contributed by atoms with Crippen molar-refractivity contribution in [2.75, 3.05) is 11.4 Å². The monoisotopic (exact) mass is 516 g/mol. The van der Waals surface area contributed by atoms with Gasteiger partial charge in [0, 0.05) is 34.5 Å². The van der Waals surface area contributed by atoms with Crippen LogP contribution in [0.5, 0.6) is 0 Å². The number of aromatic nitrogens is 1. The summed E-state index contributed by atoms with van der Waals surface area (Å²) in [6.07, 6.45) is 3.27. The highest BCUT2D eigenvalue weighted by Crippen LogP contribution is 2.45. The second kappa shape index (κ2) is 8.80. The van der Waals surface area contributed by atoms with Crippen LogP contribution in [0.1, 0.15) is 39.3 Å². The third-order valence-electron chi connectivity index (χ3n) is 4.01. The molecule has 2 nitrogen and oxygen atoms in total. The van der Waals surface area contributed by atoms with E-state index in [0.29, 0.717) is 36.4 Å². The van der Waals surface area contributed by atoms with Crippen LogP contribution in [0.25, 0.3) is 16.3 Å². The molecule has 2 aromatic carbocycles. The third-order valence-corrected chi connectivity index (χ3v) is 6.16. The zero-order valence-corrected chi connectivity index (χ0v) is 18.2. The molecule has 0 bridgehead atoms. The quantitative estimate of drug-likeness (QED) is 0.389. The molecule has 3 aromatic rings. The van der Waals surface area contributed by atoms with Gasteiger partial charge in [0.05, 0.1) is 10.7 Å². The van der Waals surface area contributed by atoms with E-state index < -0.39 is 26.7 Å². The summed E-state index contributed by atoms with van der Waals surface area (Å²) in [4.78, 5) is 1.87. The molecule has 1 aliphatic heterocycles. The standard InChI is InChI=1S/C22H23N2S2.HI/c1-4-23-17-10-6-8-12-19(17)25-21(23)14-16(3)15-22-24(5-2)18-11-7-9-13-20(18)26-22;/h6-15H,4-5H2,1-3H3;1H/q+1;/p-1/i1D3,2D3,4D2,5D2;. The van der Waals surface area contributed by atoms with Crippen molar-refractivity contribution in [3.8, 4) is 0 Å². The number of anilines is 1. The molecule has 0 N–H and O–H groups in total. The van der Waals surface area contributed by atoms with E-state index in [9.17, 15) is 0 Å². The maximum atomic E-state index is 8.40. The van der Waals surface area contributed by atoms with Crippen molar-refractivity contribution in [3.63, 3.8) is 0 Å². The summed E-state index contributed by atoms with van der Waals surface area (Å²) in [6.45, 7) is -9.50. The first-order valence-corrected chi connectivity index (χ1v) is 9.60. The highest BCUT2D eigenvalue weighted by atomic mass is 127. The molecule has 5 heteroatoms. The number of thioether (sulfide) groups is 1. The molecule has 0 saturated carbocycles. The van der Waals surface area contributed by atoms with Crippen molar-refractivity contribution in [1.82, 2.24) is 0 Å². The summed E-state index contributed by atoms with van der Waals surface area (Å²) >= 11 is 2.47. The number of aryl methyl sites for hydroxylation is 1. The van der Waals surface area contributed by atoms with Gasteiger partial charge in [-0.2, -0.15) is 4.57 Å². The molecule has 1 aromatic heterocycles. The van der Waals surface area contributed by atoms with Crippen molar-refractivity contribution in [2.45, 2.75) is 32.0 Å². The summed E-state index contributed by atoms with van der Waals surface area (Å²) in [5.41, 5.74) is 1.45. The van der Waals surface area contributed by atoms with Gasteiger partial charge in [0.15, 0.2) is 0 Å². The first-order valence-electron chi connectivity index (χ1n) is 13.0. The minimum absolute atomic E-state index is 0. The number of rotatable bonds is 4. The van der Waals surface area contributed by atoms with Crippen LogP contribution in [-0.2, 0) is 6.50 Å². The second-order valence-corrected chi connectivity index (χ2v) is 7.87. The fourth-order valence-corrected chi connectivity index (χ4v) is 5.09. The van der Waals surface area contributed by atoms with Gasteiger partial charge in [-0.25, -0.2) is 0 Å². The van der Waals surface area contributed by atoms with E-state index in [1.54, 1.807) is 67.6 Å². The minimum atomic E-state index is -2.92. The number of allylic oxidation sites excluding steroid dienone is 2. The van der Waals surface area contributed by atoms with E-state index in [2.05, 4.69) is 0 Å². The van der Waals surface area contributed by atoms with E-state index in [4.69, 9.17) is 13.7 Å². The zero-order valence-electron chi connectivity index (χ0n) is 24.4. The number of para-hydroxylation sites is 2. The van der Waals surface area contributed by atoms with Crippen molar-refractivity contribution >= 4 is 45.1 Å². The number of thiazole rings is 1. The largest absolute Gasteiger partial charge is 1.00 e. The second-order valence-electron chi connectivity index (χ2n) is 5.74. The molecular weight excluding hydrogens is 483 g/mol. The van der Waals surface area contributed by atoms with Gasteiger partial charge in [-0.15, -0.1) is 0 Å². The highest BCUT2D eigenvalue weighted by molar-refractivity contribution is 8.03. The van der Waals surface area contributed by atoms with Crippen LogP contribution in [0.4, 0.5) is 5.69 Å². The molecule has 0 spiro atoms. The van der Waals surface area contributed by atoms with E-state index in [1.807, 2.05) is 0 Å². The van der Waals surface area contributed by atoms with Crippen molar-refractivity contribution < 1.29 is 42.3 Å². The van der Waals surface area contributed by atoms with Crippen LogP contribution >= 0.6 is 23.1 Å². The highest BCUT2D eigenvalue weighted by Gasteiger charge is 2.23. The van der Waals surface area contributed by atoms with Crippen molar-refractivity contribution in [3.05, 3.63) is 70.2 Å². The Morgan fingerprint density at radius 2 is 2.00 bits per heavy atom. The molecule has 0 saturated heterocycles. The summed E-state index contributed by atoms with van der Waals surface area (Å²) < 4.78 is 82.2. The van der Waals surface area contributed by atoms with E-state index >= 15 is 0 Å². The molecule has 0 unspecified atom stereocenters. The Hall–Kier alpha value is -1.31. The molecule has 0 atom stereocenters. The Labute approximate surface area is 200 Å². The molecule has 0 aliphatic carbocycles. The Morgan fingerprint density at radius 1 is 1.19 bits per heavy atom. The topological polar surface area (TPSA) is 7.12 Å². The molecule has 140 valence electrons. The van der Waals surface area contributed by atoms with E-state index in [0.717, 1.165) is 9.47 Å². The number of nitrogens with zero attached hydrogens (tertiary/aromatic N) is 2. The lowest BCUT2D eigenvalue weighted by Crippen LogP contribution is -3.00. The van der Waals surface area contributed by atoms with Crippen LogP contribution in [-0.4, -0.2) is 6.50 Å². The number of halogens is 1.